The van der Waals surface area contributed by atoms with E-state index in [0.29, 0.717) is 25.0 Å². The van der Waals surface area contributed by atoms with Crippen molar-refractivity contribution in [2.24, 2.45) is 0 Å². The van der Waals surface area contributed by atoms with Gasteiger partial charge in [-0.2, -0.15) is 15.0 Å². The topological polar surface area (TPSA) is 74.6 Å². The van der Waals surface area contributed by atoms with Gasteiger partial charge in [-0.3, -0.25) is 0 Å². The minimum absolute atomic E-state index is 0.0129. The highest BCUT2D eigenvalue weighted by Gasteiger charge is 2.29. The number of anilines is 2. The average Bonchev–Trinajstić information content (AvgIpc) is 3.01. The van der Waals surface area contributed by atoms with Crippen molar-refractivity contribution in [1.29, 1.82) is 0 Å². The predicted octanol–water partition coefficient (Wildman–Crippen LogP) is 0.711. The van der Waals surface area contributed by atoms with E-state index >= 15 is 0 Å². The fourth-order valence-corrected chi connectivity index (χ4v) is 2.87. The van der Waals surface area contributed by atoms with Crippen LogP contribution in [0.4, 0.5) is 11.9 Å². The van der Waals surface area contributed by atoms with Crippen molar-refractivity contribution in [3.63, 3.8) is 0 Å². The fourth-order valence-electron chi connectivity index (χ4n) is 2.72. The van der Waals surface area contributed by atoms with E-state index in [2.05, 4.69) is 19.9 Å². The summed E-state index contributed by atoms with van der Waals surface area (Å²) in [5.41, 5.74) is 0. The molecule has 116 valence electrons. The molecule has 0 radical (unpaired) electrons. The van der Waals surface area contributed by atoms with Crippen LogP contribution in [0.5, 0.6) is 0 Å². The van der Waals surface area contributed by atoms with E-state index in [1.807, 2.05) is 11.8 Å². The molecule has 8 heteroatoms. The second-order valence-electron chi connectivity index (χ2n) is 5.54. The van der Waals surface area contributed by atoms with E-state index in [4.69, 9.17) is 16.3 Å². The lowest BCUT2D eigenvalue weighted by Gasteiger charge is -2.37. The van der Waals surface area contributed by atoms with Crippen molar-refractivity contribution in [2.75, 3.05) is 42.6 Å². The molecule has 2 aliphatic heterocycles. The van der Waals surface area contributed by atoms with Gasteiger partial charge in [0.05, 0.1) is 25.4 Å². The fraction of sp³-hybridized carbons (Fsp3) is 0.769. The van der Waals surface area contributed by atoms with E-state index in [9.17, 15) is 5.11 Å². The van der Waals surface area contributed by atoms with Crippen molar-refractivity contribution in [3.8, 4) is 0 Å². The molecule has 2 atom stereocenters. The van der Waals surface area contributed by atoms with Gasteiger partial charge in [0.1, 0.15) is 0 Å². The molecule has 1 aromatic heterocycles. The first-order chi connectivity index (χ1) is 10.2. The largest absolute Gasteiger partial charge is 0.394 e. The van der Waals surface area contributed by atoms with Crippen LogP contribution in [0.25, 0.3) is 0 Å². The zero-order valence-electron chi connectivity index (χ0n) is 12.1. The number of aromatic nitrogens is 3. The normalized spacial score (nSPS) is 26.4. The lowest BCUT2D eigenvalue weighted by atomic mass is 10.2. The van der Waals surface area contributed by atoms with E-state index in [-0.39, 0.29) is 24.0 Å². The second-order valence-corrected chi connectivity index (χ2v) is 5.88. The Balaban J connectivity index is 1.86. The molecule has 3 rings (SSSR count). The molecule has 2 saturated heterocycles. The summed E-state index contributed by atoms with van der Waals surface area (Å²) in [6.45, 7) is 5.03. The van der Waals surface area contributed by atoms with Gasteiger partial charge in [-0.15, -0.1) is 0 Å². The van der Waals surface area contributed by atoms with Crippen LogP contribution in [0.2, 0.25) is 5.28 Å². The summed E-state index contributed by atoms with van der Waals surface area (Å²) < 4.78 is 5.55. The first-order valence-electron chi connectivity index (χ1n) is 7.33. The van der Waals surface area contributed by atoms with Gasteiger partial charge in [0.15, 0.2) is 0 Å². The summed E-state index contributed by atoms with van der Waals surface area (Å²) in [7, 11) is 0. The van der Waals surface area contributed by atoms with Crippen molar-refractivity contribution >= 4 is 23.5 Å². The lowest BCUT2D eigenvalue weighted by molar-refractivity contribution is -0.0108. The Morgan fingerprint density at radius 1 is 1.24 bits per heavy atom. The van der Waals surface area contributed by atoms with Crippen LogP contribution >= 0.6 is 11.6 Å². The zero-order valence-corrected chi connectivity index (χ0v) is 12.8. The molecule has 0 aromatic carbocycles. The zero-order chi connectivity index (χ0) is 14.8. The molecular formula is C13H20ClN5O2. The maximum absolute atomic E-state index is 9.28. The summed E-state index contributed by atoms with van der Waals surface area (Å²) in [5, 5.41) is 9.49. The molecule has 7 nitrogen and oxygen atoms in total. The molecule has 0 saturated carbocycles. The van der Waals surface area contributed by atoms with Gasteiger partial charge in [0, 0.05) is 19.6 Å². The standard InChI is InChI=1S/C13H20ClN5O2/c1-9-8-21-10(7-20)6-19(9)13-16-11(14)15-12(17-13)18-4-2-3-5-18/h9-10,20H,2-8H2,1H3. The van der Waals surface area contributed by atoms with Gasteiger partial charge in [-0.05, 0) is 31.4 Å². The smallest absolute Gasteiger partial charge is 0.231 e. The van der Waals surface area contributed by atoms with Gasteiger partial charge in [-0.25, -0.2) is 0 Å². The number of rotatable bonds is 3. The van der Waals surface area contributed by atoms with Crippen molar-refractivity contribution in [1.82, 2.24) is 15.0 Å². The van der Waals surface area contributed by atoms with Crippen LogP contribution in [-0.2, 0) is 4.74 Å². The maximum Gasteiger partial charge on any atom is 0.231 e. The van der Waals surface area contributed by atoms with Gasteiger partial charge in [0.25, 0.3) is 0 Å². The number of hydrogen-bond donors (Lipinski definition) is 1. The number of aliphatic hydroxyl groups is 1. The Bertz CT molecular complexity index is 497. The second kappa shape index (κ2) is 6.29. The molecule has 2 aliphatic rings. The van der Waals surface area contributed by atoms with Crippen molar-refractivity contribution < 1.29 is 9.84 Å². The van der Waals surface area contributed by atoms with E-state index in [0.717, 1.165) is 25.9 Å². The van der Waals surface area contributed by atoms with Crippen LogP contribution in [-0.4, -0.2) is 65.1 Å². The molecular weight excluding hydrogens is 294 g/mol. The van der Waals surface area contributed by atoms with E-state index < -0.39 is 0 Å². The third-order valence-corrected chi connectivity index (χ3v) is 4.11. The summed E-state index contributed by atoms with van der Waals surface area (Å²) in [4.78, 5) is 17.2. The third-order valence-electron chi connectivity index (χ3n) is 3.94. The maximum atomic E-state index is 9.28. The van der Waals surface area contributed by atoms with Crippen molar-refractivity contribution in [3.05, 3.63) is 5.28 Å². The van der Waals surface area contributed by atoms with Crippen LogP contribution in [0.15, 0.2) is 0 Å². The first kappa shape index (κ1) is 14.7. The number of halogens is 1. The van der Waals surface area contributed by atoms with Crippen LogP contribution < -0.4 is 9.80 Å². The molecule has 21 heavy (non-hydrogen) atoms. The summed E-state index contributed by atoms with van der Waals surface area (Å²) in [6, 6.07) is 0.137. The molecule has 1 N–H and O–H groups in total. The molecule has 0 bridgehead atoms. The minimum Gasteiger partial charge on any atom is -0.394 e. The van der Waals surface area contributed by atoms with Crippen molar-refractivity contribution in [2.45, 2.75) is 31.9 Å². The molecule has 2 fully saturated rings. The third kappa shape index (κ3) is 3.20. The highest BCUT2D eigenvalue weighted by atomic mass is 35.5. The molecule has 0 spiro atoms. The van der Waals surface area contributed by atoms with Crippen LogP contribution in [0, 0.1) is 0 Å². The van der Waals surface area contributed by atoms with Gasteiger partial charge in [-0.1, -0.05) is 0 Å². The van der Waals surface area contributed by atoms with Crippen LogP contribution in [0.1, 0.15) is 19.8 Å². The molecule has 0 amide bonds. The number of aliphatic hydroxyl groups excluding tert-OH is 1. The predicted molar refractivity (Wildman–Crippen MR) is 79.9 cm³/mol. The lowest BCUT2D eigenvalue weighted by Crippen LogP contribution is -2.50. The Hall–Kier alpha value is -1.18. The monoisotopic (exact) mass is 313 g/mol. The highest BCUT2D eigenvalue weighted by Crippen LogP contribution is 2.23. The quantitative estimate of drug-likeness (QED) is 0.881. The first-order valence-corrected chi connectivity index (χ1v) is 7.71. The number of morpholine rings is 1. The van der Waals surface area contributed by atoms with Gasteiger partial charge < -0.3 is 19.6 Å². The number of ether oxygens (including phenoxy) is 1. The highest BCUT2D eigenvalue weighted by molar-refractivity contribution is 6.28. The Labute approximate surface area is 128 Å². The summed E-state index contributed by atoms with van der Waals surface area (Å²) >= 11 is 6.07. The summed E-state index contributed by atoms with van der Waals surface area (Å²) in [6.07, 6.45) is 2.09. The van der Waals surface area contributed by atoms with E-state index in [1.165, 1.54) is 0 Å². The minimum atomic E-state index is -0.216. The number of hydrogen-bond acceptors (Lipinski definition) is 7. The summed E-state index contributed by atoms with van der Waals surface area (Å²) in [5.74, 6) is 1.20. The number of nitrogens with zero attached hydrogens (tertiary/aromatic N) is 5. The van der Waals surface area contributed by atoms with Gasteiger partial charge in [0.2, 0.25) is 17.2 Å². The molecule has 2 unspecified atom stereocenters. The molecule has 1 aromatic rings. The van der Waals surface area contributed by atoms with Gasteiger partial charge >= 0.3 is 0 Å². The SMILES string of the molecule is CC1COC(CO)CN1c1nc(Cl)nc(N2CCCC2)n1. The molecule has 3 heterocycles. The van der Waals surface area contributed by atoms with Crippen LogP contribution in [0.3, 0.4) is 0 Å². The Kier molecular flexibility index (Phi) is 4.42. The van der Waals surface area contributed by atoms with E-state index in [1.54, 1.807) is 0 Å². The molecule has 0 aliphatic carbocycles. The average molecular weight is 314 g/mol. The Morgan fingerprint density at radius 3 is 2.67 bits per heavy atom. The Morgan fingerprint density at radius 2 is 1.95 bits per heavy atom.